The van der Waals surface area contributed by atoms with Crippen molar-refractivity contribution in [2.24, 2.45) is 0 Å². The maximum Gasteiger partial charge on any atom is 0.129 e. The molecule has 1 atom stereocenters. The second-order valence-corrected chi connectivity index (χ2v) is 6.53. The van der Waals surface area contributed by atoms with Crippen molar-refractivity contribution in [2.45, 2.75) is 38.4 Å². The number of halogens is 1. The van der Waals surface area contributed by atoms with Crippen LogP contribution < -0.4 is 4.74 Å². The van der Waals surface area contributed by atoms with Gasteiger partial charge in [0, 0.05) is 12.0 Å². The summed E-state index contributed by atoms with van der Waals surface area (Å²) in [6.45, 7) is 1.13. The molecule has 2 aromatic rings. The van der Waals surface area contributed by atoms with Gasteiger partial charge in [0.05, 0.1) is 19.8 Å². The highest BCUT2D eigenvalue weighted by Crippen LogP contribution is 2.36. The Bertz CT molecular complexity index is 751. The predicted octanol–water partition coefficient (Wildman–Crippen LogP) is 3.64. The Kier molecular flexibility index (Phi) is 4.25. The summed E-state index contributed by atoms with van der Waals surface area (Å²) in [6, 6.07) is 9.51. The van der Waals surface area contributed by atoms with E-state index in [1.54, 1.807) is 12.1 Å². The van der Waals surface area contributed by atoms with E-state index in [2.05, 4.69) is 12.1 Å². The molecule has 0 saturated carbocycles. The van der Waals surface area contributed by atoms with E-state index >= 15 is 0 Å². The fraction of sp³-hybridized carbons (Fsp3) is 0.400. The van der Waals surface area contributed by atoms with Gasteiger partial charge < -0.3 is 14.6 Å². The SMILES string of the molecule is OCc1cc2c(cc1F)CCCc1cc(O[C@@H]3CCOC3)ccc1-2. The Morgan fingerprint density at radius 3 is 2.71 bits per heavy atom. The summed E-state index contributed by atoms with van der Waals surface area (Å²) in [6.07, 6.45) is 3.83. The lowest BCUT2D eigenvalue weighted by atomic mass is 9.94. The number of aliphatic hydroxyl groups excluding tert-OH is 1. The molecule has 4 heteroatoms. The summed E-state index contributed by atoms with van der Waals surface area (Å²) in [5.74, 6) is 0.554. The Hall–Kier alpha value is -1.91. The highest BCUT2D eigenvalue weighted by molar-refractivity contribution is 5.73. The molecule has 1 fully saturated rings. The third kappa shape index (κ3) is 2.92. The van der Waals surface area contributed by atoms with Crippen LogP contribution in [0.5, 0.6) is 5.75 Å². The van der Waals surface area contributed by atoms with Crippen LogP contribution in [-0.4, -0.2) is 24.4 Å². The smallest absolute Gasteiger partial charge is 0.129 e. The molecule has 1 aliphatic carbocycles. The van der Waals surface area contributed by atoms with Gasteiger partial charge in [-0.25, -0.2) is 4.39 Å². The van der Waals surface area contributed by atoms with Gasteiger partial charge in [0.25, 0.3) is 0 Å². The number of aryl methyl sites for hydroxylation is 2. The van der Waals surface area contributed by atoms with Gasteiger partial charge in [-0.3, -0.25) is 0 Å². The quantitative estimate of drug-likeness (QED) is 0.935. The van der Waals surface area contributed by atoms with Crippen LogP contribution in [0.25, 0.3) is 11.1 Å². The maximum atomic E-state index is 14.0. The van der Waals surface area contributed by atoms with E-state index in [1.807, 2.05) is 6.07 Å². The van der Waals surface area contributed by atoms with Gasteiger partial charge in [-0.1, -0.05) is 6.07 Å². The highest BCUT2D eigenvalue weighted by Gasteiger charge is 2.20. The number of ether oxygens (including phenoxy) is 2. The number of fused-ring (bicyclic) bond motifs is 3. The van der Waals surface area contributed by atoms with Gasteiger partial charge in [-0.15, -0.1) is 0 Å². The summed E-state index contributed by atoms with van der Waals surface area (Å²) >= 11 is 0. The maximum absolute atomic E-state index is 14.0. The second-order valence-electron chi connectivity index (χ2n) is 6.53. The molecule has 0 unspecified atom stereocenters. The van der Waals surface area contributed by atoms with E-state index in [0.717, 1.165) is 54.7 Å². The lowest BCUT2D eigenvalue weighted by Crippen LogP contribution is -2.15. The van der Waals surface area contributed by atoms with Crippen LogP contribution in [0, 0.1) is 5.82 Å². The van der Waals surface area contributed by atoms with E-state index in [1.165, 1.54) is 5.56 Å². The van der Waals surface area contributed by atoms with E-state index < -0.39 is 0 Å². The van der Waals surface area contributed by atoms with Crippen LogP contribution in [0.3, 0.4) is 0 Å². The number of benzene rings is 2. The molecular formula is C20H21FO3. The Balaban J connectivity index is 1.71. The number of hydrogen-bond acceptors (Lipinski definition) is 3. The minimum absolute atomic E-state index is 0.135. The first kappa shape index (κ1) is 15.6. The molecule has 0 bridgehead atoms. The zero-order valence-electron chi connectivity index (χ0n) is 13.6. The molecule has 0 radical (unpaired) electrons. The van der Waals surface area contributed by atoms with Gasteiger partial charge in [0.15, 0.2) is 0 Å². The molecule has 1 saturated heterocycles. The average molecular weight is 328 g/mol. The van der Waals surface area contributed by atoms with Gasteiger partial charge >= 0.3 is 0 Å². The summed E-state index contributed by atoms with van der Waals surface area (Å²) < 4.78 is 25.4. The fourth-order valence-electron chi connectivity index (χ4n) is 3.62. The molecule has 0 amide bonds. The van der Waals surface area contributed by atoms with Gasteiger partial charge in [0.1, 0.15) is 17.7 Å². The van der Waals surface area contributed by atoms with Crippen LogP contribution >= 0.6 is 0 Å². The zero-order chi connectivity index (χ0) is 16.5. The van der Waals surface area contributed by atoms with Crippen molar-refractivity contribution < 1.29 is 19.0 Å². The first-order chi connectivity index (χ1) is 11.7. The molecule has 1 aliphatic heterocycles. The van der Waals surface area contributed by atoms with Crippen LogP contribution in [0.15, 0.2) is 30.3 Å². The van der Waals surface area contributed by atoms with Gasteiger partial charge in [-0.2, -0.15) is 0 Å². The second kappa shape index (κ2) is 6.54. The van der Waals surface area contributed by atoms with Crippen molar-refractivity contribution in [1.29, 1.82) is 0 Å². The first-order valence-electron chi connectivity index (χ1n) is 8.54. The van der Waals surface area contributed by atoms with Crippen LogP contribution in [0.1, 0.15) is 29.5 Å². The number of rotatable bonds is 3. The zero-order valence-corrected chi connectivity index (χ0v) is 13.6. The highest BCUT2D eigenvalue weighted by atomic mass is 19.1. The molecule has 0 spiro atoms. The standard InChI is InChI=1S/C20H21FO3/c21-20-10-14-3-1-2-13-8-16(24-17-6-7-23-12-17)4-5-18(13)19(14)9-15(20)11-22/h4-5,8-10,17,22H,1-3,6-7,11-12H2/t17-/m1/s1. The molecule has 0 aromatic heterocycles. The summed E-state index contributed by atoms with van der Waals surface area (Å²) in [5, 5.41) is 9.37. The number of hydrogen-bond donors (Lipinski definition) is 1. The van der Waals surface area contributed by atoms with E-state index in [0.29, 0.717) is 12.2 Å². The van der Waals surface area contributed by atoms with E-state index in [-0.39, 0.29) is 18.5 Å². The van der Waals surface area contributed by atoms with Crippen molar-refractivity contribution in [1.82, 2.24) is 0 Å². The topological polar surface area (TPSA) is 38.7 Å². The molecule has 24 heavy (non-hydrogen) atoms. The Labute approximate surface area is 141 Å². The third-order valence-electron chi connectivity index (χ3n) is 4.89. The van der Waals surface area contributed by atoms with Crippen molar-refractivity contribution in [3.63, 3.8) is 0 Å². The van der Waals surface area contributed by atoms with Crippen LogP contribution in [-0.2, 0) is 24.2 Å². The van der Waals surface area contributed by atoms with Crippen molar-refractivity contribution in [3.8, 4) is 16.9 Å². The minimum atomic E-state index is -0.319. The largest absolute Gasteiger partial charge is 0.488 e. The van der Waals surface area contributed by atoms with E-state index in [4.69, 9.17) is 9.47 Å². The Morgan fingerprint density at radius 2 is 1.96 bits per heavy atom. The Morgan fingerprint density at radius 1 is 1.12 bits per heavy atom. The van der Waals surface area contributed by atoms with Crippen molar-refractivity contribution in [2.75, 3.05) is 13.2 Å². The van der Waals surface area contributed by atoms with E-state index in [9.17, 15) is 9.50 Å². The normalized spacial score (nSPS) is 19.5. The molecule has 4 rings (SSSR count). The molecule has 1 heterocycles. The average Bonchev–Trinajstić information content (AvgIpc) is 3.02. The molecule has 2 aliphatic rings. The third-order valence-corrected chi connectivity index (χ3v) is 4.89. The molecule has 1 N–H and O–H groups in total. The molecule has 2 aromatic carbocycles. The summed E-state index contributed by atoms with van der Waals surface area (Å²) in [7, 11) is 0. The fourth-order valence-corrected chi connectivity index (χ4v) is 3.62. The van der Waals surface area contributed by atoms with Crippen molar-refractivity contribution >= 4 is 0 Å². The monoisotopic (exact) mass is 328 g/mol. The van der Waals surface area contributed by atoms with Crippen LogP contribution in [0.2, 0.25) is 0 Å². The predicted molar refractivity (Wildman–Crippen MR) is 89.6 cm³/mol. The molecular weight excluding hydrogens is 307 g/mol. The first-order valence-corrected chi connectivity index (χ1v) is 8.54. The summed E-state index contributed by atoms with van der Waals surface area (Å²) in [5.41, 5.74) is 4.74. The molecule has 3 nitrogen and oxygen atoms in total. The molecule has 126 valence electrons. The summed E-state index contributed by atoms with van der Waals surface area (Å²) in [4.78, 5) is 0. The van der Waals surface area contributed by atoms with Crippen LogP contribution in [0.4, 0.5) is 4.39 Å². The van der Waals surface area contributed by atoms with Gasteiger partial charge in [-0.05, 0) is 65.8 Å². The number of aliphatic hydroxyl groups is 1. The lowest BCUT2D eigenvalue weighted by Gasteiger charge is -2.16. The minimum Gasteiger partial charge on any atom is -0.488 e. The van der Waals surface area contributed by atoms with Gasteiger partial charge in [0.2, 0.25) is 0 Å². The van der Waals surface area contributed by atoms with Crippen molar-refractivity contribution in [3.05, 3.63) is 52.8 Å². The lowest BCUT2D eigenvalue weighted by molar-refractivity contribution is 0.141.